The fourth-order valence-electron chi connectivity index (χ4n) is 3.06. The van der Waals surface area contributed by atoms with Crippen molar-refractivity contribution in [3.63, 3.8) is 0 Å². The molecule has 1 fully saturated rings. The van der Waals surface area contributed by atoms with Gasteiger partial charge in [0.15, 0.2) is 11.6 Å². The van der Waals surface area contributed by atoms with Gasteiger partial charge < -0.3 is 21.1 Å². The first kappa shape index (κ1) is 17.7. The predicted molar refractivity (Wildman–Crippen MR) is 98.8 cm³/mol. The molecule has 136 valence electrons. The Morgan fingerprint density at radius 2 is 2.04 bits per heavy atom. The molecule has 1 aliphatic heterocycles. The number of nitrogen functional groups attached to an aromatic ring is 1. The van der Waals surface area contributed by atoms with E-state index in [4.69, 9.17) is 10.8 Å². The third kappa shape index (κ3) is 3.90. The molecule has 0 aliphatic carbocycles. The van der Waals surface area contributed by atoms with E-state index < -0.39 is 5.97 Å². The zero-order chi connectivity index (χ0) is 18.7. The molecule has 4 N–H and O–H groups in total. The van der Waals surface area contributed by atoms with Gasteiger partial charge in [0.25, 0.3) is 0 Å². The van der Waals surface area contributed by atoms with Crippen molar-refractivity contribution >= 4 is 29.2 Å². The Balaban J connectivity index is 1.84. The molecule has 2 heterocycles. The second-order valence-electron chi connectivity index (χ2n) is 6.33. The van der Waals surface area contributed by atoms with Gasteiger partial charge in [-0.05, 0) is 25.0 Å². The van der Waals surface area contributed by atoms with Crippen LogP contribution in [0.4, 0.5) is 17.3 Å². The molecular formula is C18H21N5O3. The second kappa shape index (κ2) is 7.38. The second-order valence-corrected chi connectivity index (χ2v) is 6.33. The lowest BCUT2D eigenvalue weighted by Gasteiger charge is -2.31. The summed E-state index contributed by atoms with van der Waals surface area (Å²) in [5.41, 5.74) is 8.13. The summed E-state index contributed by atoms with van der Waals surface area (Å²) in [5.74, 6) is -0.338. The Hall–Kier alpha value is -3.16. The van der Waals surface area contributed by atoms with Crippen LogP contribution in [0, 0.1) is 5.92 Å². The van der Waals surface area contributed by atoms with Crippen LogP contribution >= 0.6 is 0 Å². The molecule has 1 aromatic carbocycles. The lowest BCUT2D eigenvalue weighted by Crippen LogP contribution is -2.37. The topological polar surface area (TPSA) is 121 Å². The van der Waals surface area contributed by atoms with Crippen LogP contribution in [0.5, 0.6) is 0 Å². The van der Waals surface area contributed by atoms with Crippen molar-refractivity contribution in [1.82, 2.24) is 9.97 Å². The van der Waals surface area contributed by atoms with Gasteiger partial charge in [0.2, 0.25) is 5.91 Å². The van der Waals surface area contributed by atoms with Crippen LogP contribution in [-0.4, -0.2) is 40.0 Å². The van der Waals surface area contributed by atoms with Crippen molar-refractivity contribution < 1.29 is 14.7 Å². The highest BCUT2D eigenvalue weighted by molar-refractivity contribution is 5.89. The molecule has 1 amide bonds. The minimum Gasteiger partial charge on any atom is -0.481 e. The predicted octanol–water partition coefficient (Wildman–Crippen LogP) is 1.99. The summed E-state index contributed by atoms with van der Waals surface area (Å²) >= 11 is 0. The van der Waals surface area contributed by atoms with Crippen LogP contribution in [-0.2, 0) is 9.59 Å². The highest BCUT2D eigenvalue weighted by Gasteiger charge is 2.26. The zero-order valence-electron chi connectivity index (χ0n) is 14.5. The van der Waals surface area contributed by atoms with Crippen molar-refractivity contribution in [1.29, 1.82) is 0 Å². The number of aromatic nitrogens is 2. The Labute approximate surface area is 151 Å². The van der Waals surface area contributed by atoms with Crippen molar-refractivity contribution in [2.75, 3.05) is 29.0 Å². The first-order chi connectivity index (χ1) is 12.4. The van der Waals surface area contributed by atoms with Crippen molar-refractivity contribution in [2.24, 2.45) is 5.92 Å². The monoisotopic (exact) mass is 355 g/mol. The Bertz CT molecular complexity index is 831. The van der Waals surface area contributed by atoms with E-state index in [1.165, 1.54) is 6.92 Å². The minimum atomic E-state index is -0.757. The van der Waals surface area contributed by atoms with Gasteiger partial charge in [-0.25, -0.2) is 9.97 Å². The number of carbonyl (C=O) groups excluding carboxylic acids is 1. The lowest BCUT2D eigenvalue weighted by atomic mass is 9.97. The standard InChI is InChI=1S/C18H21N5O3/c1-11(24)21-14-4-2-3-13(9-14)15-10-20-16(19)17(22-15)23-7-5-12(6-8-23)18(25)26/h2-4,9-10,12H,5-8H2,1H3,(H2,19,20)(H,21,24)(H,25,26). The zero-order valence-corrected chi connectivity index (χ0v) is 14.5. The van der Waals surface area contributed by atoms with E-state index in [-0.39, 0.29) is 11.8 Å². The minimum absolute atomic E-state index is 0.146. The number of carboxylic acids is 1. The first-order valence-electron chi connectivity index (χ1n) is 8.42. The fraction of sp³-hybridized carbons (Fsp3) is 0.333. The van der Waals surface area contributed by atoms with Gasteiger partial charge >= 0.3 is 5.97 Å². The van der Waals surface area contributed by atoms with Gasteiger partial charge in [0.1, 0.15) is 0 Å². The van der Waals surface area contributed by atoms with E-state index in [9.17, 15) is 9.59 Å². The fourth-order valence-corrected chi connectivity index (χ4v) is 3.06. The van der Waals surface area contributed by atoms with E-state index in [0.717, 1.165) is 5.56 Å². The number of nitrogens with two attached hydrogens (primary N) is 1. The van der Waals surface area contributed by atoms with Gasteiger partial charge in [0, 0.05) is 31.3 Å². The number of hydrogen-bond donors (Lipinski definition) is 3. The number of benzene rings is 1. The Morgan fingerprint density at radius 1 is 1.31 bits per heavy atom. The molecule has 1 aromatic heterocycles. The highest BCUT2D eigenvalue weighted by atomic mass is 16.4. The molecule has 0 bridgehead atoms. The molecule has 0 unspecified atom stereocenters. The average molecular weight is 355 g/mol. The molecule has 8 nitrogen and oxygen atoms in total. The van der Waals surface area contributed by atoms with E-state index in [0.29, 0.717) is 48.9 Å². The largest absolute Gasteiger partial charge is 0.481 e. The molecule has 8 heteroatoms. The summed E-state index contributed by atoms with van der Waals surface area (Å²) in [6.45, 7) is 2.60. The van der Waals surface area contributed by atoms with Crippen molar-refractivity contribution in [3.8, 4) is 11.3 Å². The smallest absolute Gasteiger partial charge is 0.306 e. The molecule has 0 atom stereocenters. The highest BCUT2D eigenvalue weighted by Crippen LogP contribution is 2.28. The molecular weight excluding hydrogens is 334 g/mol. The molecule has 26 heavy (non-hydrogen) atoms. The summed E-state index contributed by atoms with van der Waals surface area (Å²) in [6, 6.07) is 7.33. The third-order valence-electron chi connectivity index (χ3n) is 4.40. The van der Waals surface area contributed by atoms with Crippen LogP contribution < -0.4 is 16.0 Å². The number of nitrogens with one attached hydrogen (secondary N) is 1. The number of amides is 1. The number of anilines is 3. The summed E-state index contributed by atoms with van der Waals surface area (Å²) in [4.78, 5) is 33.2. The molecule has 0 saturated carbocycles. The number of carbonyl (C=O) groups is 2. The number of piperidine rings is 1. The summed E-state index contributed by atoms with van der Waals surface area (Å²) < 4.78 is 0. The third-order valence-corrected chi connectivity index (χ3v) is 4.40. The van der Waals surface area contributed by atoms with Crippen LogP contribution in [0.3, 0.4) is 0 Å². The lowest BCUT2D eigenvalue weighted by molar-refractivity contribution is -0.142. The summed E-state index contributed by atoms with van der Waals surface area (Å²) in [7, 11) is 0. The van der Waals surface area contributed by atoms with Gasteiger partial charge in [-0.15, -0.1) is 0 Å². The number of carboxylic acid groups (broad SMARTS) is 1. The molecule has 2 aromatic rings. The normalized spacial score (nSPS) is 14.9. The molecule has 1 saturated heterocycles. The maximum absolute atomic E-state index is 11.2. The molecule has 1 aliphatic rings. The number of hydrogen-bond acceptors (Lipinski definition) is 6. The van der Waals surface area contributed by atoms with E-state index in [1.807, 2.05) is 23.1 Å². The van der Waals surface area contributed by atoms with E-state index in [1.54, 1.807) is 12.3 Å². The number of nitrogens with zero attached hydrogens (tertiary/aromatic N) is 3. The van der Waals surface area contributed by atoms with Crippen molar-refractivity contribution in [3.05, 3.63) is 30.5 Å². The maximum Gasteiger partial charge on any atom is 0.306 e. The van der Waals surface area contributed by atoms with Gasteiger partial charge in [-0.1, -0.05) is 12.1 Å². The summed E-state index contributed by atoms with van der Waals surface area (Å²) in [6.07, 6.45) is 2.70. The number of rotatable bonds is 4. The summed E-state index contributed by atoms with van der Waals surface area (Å²) in [5, 5.41) is 11.9. The molecule has 0 radical (unpaired) electrons. The first-order valence-corrected chi connectivity index (χ1v) is 8.42. The quantitative estimate of drug-likeness (QED) is 0.766. The Morgan fingerprint density at radius 3 is 2.69 bits per heavy atom. The maximum atomic E-state index is 11.2. The average Bonchev–Trinajstić information content (AvgIpc) is 2.62. The van der Waals surface area contributed by atoms with E-state index >= 15 is 0 Å². The molecule has 3 rings (SSSR count). The van der Waals surface area contributed by atoms with Crippen LogP contribution in [0.1, 0.15) is 19.8 Å². The number of aliphatic carboxylic acids is 1. The van der Waals surface area contributed by atoms with Crippen LogP contribution in [0.2, 0.25) is 0 Å². The Kier molecular flexibility index (Phi) is 5.01. The SMILES string of the molecule is CC(=O)Nc1cccc(-c2cnc(N)c(N3CCC(C(=O)O)CC3)n2)c1. The molecule has 0 spiro atoms. The van der Waals surface area contributed by atoms with Gasteiger partial charge in [-0.2, -0.15) is 0 Å². The van der Waals surface area contributed by atoms with E-state index in [2.05, 4.69) is 15.3 Å². The van der Waals surface area contributed by atoms with Crippen LogP contribution in [0.15, 0.2) is 30.5 Å². The van der Waals surface area contributed by atoms with Gasteiger partial charge in [0.05, 0.1) is 17.8 Å². The van der Waals surface area contributed by atoms with Gasteiger partial charge in [-0.3, -0.25) is 9.59 Å². The van der Waals surface area contributed by atoms with Crippen molar-refractivity contribution in [2.45, 2.75) is 19.8 Å². The van der Waals surface area contributed by atoms with Crippen LogP contribution in [0.25, 0.3) is 11.3 Å².